The summed E-state index contributed by atoms with van der Waals surface area (Å²) in [6, 6.07) is 0. The maximum atomic E-state index is 9.98. The summed E-state index contributed by atoms with van der Waals surface area (Å²) in [5.41, 5.74) is 0. The van der Waals surface area contributed by atoms with E-state index < -0.39 is 68.0 Å². The first-order valence-corrected chi connectivity index (χ1v) is 7.71. The molecule has 0 aliphatic carbocycles. The molecule has 0 bridgehead atoms. The Morgan fingerprint density at radius 1 is 0.783 bits per heavy atom. The maximum Gasteiger partial charge on any atom is 0.187 e. The van der Waals surface area contributed by atoms with Crippen molar-refractivity contribution < 1.29 is 50.0 Å². The second kappa shape index (κ2) is 7.89. The van der Waals surface area contributed by atoms with Crippen LogP contribution < -0.4 is 0 Å². The summed E-state index contributed by atoms with van der Waals surface area (Å²) in [7, 11) is 0. The molecule has 2 heterocycles. The van der Waals surface area contributed by atoms with Gasteiger partial charge >= 0.3 is 0 Å². The average molecular weight is 358 g/mol. The van der Waals surface area contributed by atoms with E-state index in [0.717, 1.165) is 0 Å². The average Bonchev–Trinajstić information content (AvgIpc) is 2.55. The first-order chi connectivity index (χ1) is 10.8. The van der Waals surface area contributed by atoms with Gasteiger partial charge in [0.15, 0.2) is 12.6 Å². The van der Waals surface area contributed by atoms with Crippen molar-refractivity contribution in [2.75, 3.05) is 12.4 Å². The molecule has 11 heteroatoms. The molecule has 7 N–H and O–H groups in total. The van der Waals surface area contributed by atoms with Gasteiger partial charge in [-0.1, -0.05) is 0 Å². The molecule has 2 aliphatic heterocycles. The molecule has 2 aliphatic rings. The lowest BCUT2D eigenvalue weighted by molar-refractivity contribution is -0.351. The number of aliphatic hydroxyl groups excluding tert-OH is 7. The molecule has 10 atom stereocenters. The monoisotopic (exact) mass is 358 g/mol. The predicted molar refractivity (Wildman–Crippen MR) is 75.4 cm³/mol. The van der Waals surface area contributed by atoms with Crippen molar-refractivity contribution in [2.24, 2.45) is 0 Å². The summed E-state index contributed by atoms with van der Waals surface area (Å²) >= 11 is 3.96. The summed E-state index contributed by atoms with van der Waals surface area (Å²) in [5, 5.41) is 67.7. The summed E-state index contributed by atoms with van der Waals surface area (Å²) < 4.78 is 15.5. The predicted octanol–water partition coefficient (Wildman–Crippen LogP) is -4.46. The van der Waals surface area contributed by atoms with Crippen LogP contribution in [0.15, 0.2) is 0 Å². The Bertz CT molecular complexity index is 383. The normalized spacial score (nSPS) is 51.7. The molecule has 2 rings (SSSR count). The van der Waals surface area contributed by atoms with Gasteiger partial charge in [-0.15, -0.1) is 0 Å². The minimum atomic E-state index is -1.71. The van der Waals surface area contributed by atoms with Gasteiger partial charge < -0.3 is 50.0 Å². The molecule has 0 saturated carbocycles. The second-order valence-corrected chi connectivity index (χ2v) is 5.89. The topological polar surface area (TPSA) is 169 Å². The van der Waals surface area contributed by atoms with Gasteiger partial charge in [0.1, 0.15) is 42.7 Å². The molecule has 136 valence electrons. The fourth-order valence-electron chi connectivity index (χ4n) is 2.57. The molecule has 10 nitrogen and oxygen atoms in total. The van der Waals surface area contributed by atoms with Crippen molar-refractivity contribution in [2.45, 2.75) is 61.4 Å². The van der Waals surface area contributed by atoms with Crippen LogP contribution in [0.2, 0.25) is 0 Å². The van der Waals surface area contributed by atoms with Gasteiger partial charge in [-0.3, -0.25) is 0 Å². The van der Waals surface area contributed by atoms with Crippen LogP contribution in [0.3, 0.4) is 0 Å². The number of thiol groups is 1. The Kier molecular flexibility index (Phi) is 6.61. The van der Waals surface area contributed by atoms with Crippen LogP contribution in [-0.2, 0) is 14.2 Å². The highest BCUT2D eigenvalue weighted by molar-refractivity contribution is 7.80. The largest absolute Gasteiger partial charge is 0.394 e. The smallest absolute Gasteiger partial charge is 0.187 e. The Labute approximate surface area is 137 Å². The van der Waals surface area contributed by atoms with Gasteiger partial charge in [0, 0.05) is 5.75 Å². The zero-order valence-electron chi connectivity index (χ0n) is 12.0. The minimum Gasteiger partial charge on any atom is -0.394 e. The van der Waals surface area contributed by atoms with Gasteiger partial charge in [-0.05, 0) is 0 Å². The quantitative estimate of drug-likeness (QED) is 0.229. The molecule has 0 spiro atoms. The third-order valence-electron chi connectivity index (χ3n) is 3.98. The number of rotatable bonds is 4. The van der Waals surface area contributed by atoms with Crippen LogP contribution in [-0.4, -0.2) is 110 Å². The third kappa shape index (κ3) is 3.80. The van der Waals surface area contributed by atoms with E-state index in [1.807, 2.05) is 0 Å². The molecule has 0 aromatic heterocycles. The van der Waals surface area contributed by atoms with Gasteiger partial charge in [0.25, 0.3) is 0 Å². The van der Waals surface area contributed by atoms with E-state index >= 15 is 0 Å². The molecule has 2 saturated heterocycles. The molecular weight excluding hydrogens is 336 g/mol. The highest BCUT2D eigenvalue weighted by atomic mass is 32.1. The highest BCUT2D eigenvalue weighted by Gasteiger charge is 2.49. The van der Waals surface area contributed by atoms with E-state index in [2.05, 4.69) is 12.6 Å². The summed E-state index contributed by atoms with van der Waals surface area (Å²) in [5.74, 6) is 0.0271. The standard InChI is InChI=1S/C12H22O10S/c13-1-3-10(7(16)8(17)11(19)20-3)22-12-9(18)6(15)5(14)4(2-23)21-12/h3-19,23H,1-2H2/t3?,4?,5-,6?,7?,8-,9-,10+,11+,12-/m0/s1. The molecular formula is C12H22O10S. The first kappa shape index (κ1) is 19.3. The Morgan fingerprint density at radius 3 is 2.00 bits per heavy atom. The van der Waals surface area contributed by atoms with E-state index in [9.17, 15) is 35.7 Å². The van der Waals surface area contributed by atoms with E-state index in [4.69, 9.17) is 14.2 Å². The van der Waals surface area contributed by atoms with Gasteiger partial charge in [-0.2, -0.15) is 12.6 Å². The summed E-state index contributed by atoms with van der Waals surface area (Å²) in [6.07, 6.45) is -14.6. The van der Waals surface area contributed by atoms with Crippen molar-refractivity contribution in [3.8, 4) is 0 Å². The van der Waals surface area contributed by atoms with Crippen molar-refractivity contribution in [3.63, 3.8) is 0 Å². The molecule has 4 unspecified atom stereocenters. The van der Waals surface area contributed by atoms with Crippen LogP contribution in [0.25, 0.3) is 0 Å². The molecule has 0 amide bonds. The Balaban J connectivity index is 2.11. The van der Waals surface area contributed by atoms with Crippen LogP contribution in [0, 0.1) is 0 Å². The van der Waals surface area contributed by atoms with Gasteiger partial charge in [0.2, 0.25) is 0 Å². The first-order valence-electron chi connectivity index (χ1n) is 7.08. The minimum absolute atomic E-state index is 0.0271. The Morgan fingerprint density at radius 2 is 1.43 bits per heavy atom. The van der Waals surface area contributed by atoms with Crippen LogP contribution in [0.4, 0.5) is 0 Å². The summed E-state index contributed by atoms with van der Waals surface area (Å²) in [6.45, 7) is -0.643. The summed E-state index contributed by atoms with van der Waals surface area (Å²) in [4.78, 5) is 0. The maximum absolute atomic E-state index is 9.98. The second-order valence-electron chi connectivity index (χ2n) is 5.53. The van der Waals surface area contributed by atoms with E-state index in [-0.39, 0.29) is 5.75 Å². The van der Waals surface area contributed by atoms with Crippen molar-refractivity contribution >= 4 is 12.6 Å². The lowest BCUT2D eigenvalue weighted by Crippen LogP contribution is -2.64. The Hall–Kier alpha value is -0.0500. The zero-order valence-corrected chi connectivity index (χ0v) is 12.9. The van der Waals surface area contributed by atoms with Crippen LogP contribution >= 0.6 is 12.6 Å². The van der Waals surface area contributed by atoms with Crippen LogP contribution in [0.5, 0.6) is 0 Å². The molecule has 2 fully saturated rings. The van der Waals surface area contributed by atoms with Crippen molar-refractivity contribution in [1.29, 1.82) is 0 Å². The zero-order chi connectivity index (χ0) is 17.3. The number of hydrogen-bond acceptors (Lipinski definition) is 11. The molecule has 0 aromatic rings. The van der Waals surface area contributed by atoms with E-state index in [1.165, 1.54) is 0 Å². The van der Waals surface area contributed by atoms with E-state index in [1.54, 1.807) is 0 Å². The van der Waals surface area contributed by atoms with Crippen molar-refractivity contribution in [1.82, 2.24) is 0 Å². The lowest BCUT2D eigenvalue weighted by Gasteiger charge is -2.45. The number of aliphatic hydroxyl groups is 7. The fraction of sp³-hybridized carbons (Fsp3) is 1.00. The van der Waals surface area contributed by atoms with E-state index in [0.29, 0.717) is 0 Å². The number of ether oxygens (including phenoxy) is 3. The highest BCUT2D eigenvalue weighted by Crippen LogP contribution is 2.28. The molecule has 0 aromatic carbocycles. The fourth-order valence-corrected chi connectivity index (χ4v) is 2.87. The molecule has 0 radical (unpaired) electrons. The van der Waals surface area contributed by atoms with Gasteiger partial charge in [-0.25, -0.2) is 0 Å². The number of hydrogen-bond donors (Lipinski definition) is 8. The van der Waals surface area contributed by atoms with Crippen molar-refractivity contribution in [3.05, 3.63) is 0 Å². The van der Waals surface area contributed by atoms with Crippen LogP contribution in [0.1, 0.15) is 0 Å². The van der Waals surface area contributed by atoms with Gasteiger partial charge in [0.05, 0.1) is 12.7 Å². The molecule has 23 heavy (non-hydrogen) atoms. The third-order valence-corrected chi connectivity index (χ3v) is 4.34. The lowest BCUT2D eigenvalue weighted by atomic mass is 9.97. The SMILES string of the molecule is OCC1O[C@@H](O)[C@@H](O)C(O)[C@@H]1O[C@@H]1OC(CS)[C@H](O)C(O)[C@@H]1O.